The highest BCUT2D eigenvalue weighted by atomic mass is 19.1. The van der Waals surface area contributed by atoms with Crippen molar-refractivity contribution in [3.05, 3.63) is 29.6 Å². The van der Waals surface area contributed by atoms with Crippen LogP contribution in [0.4, 0.5) is 10.1 Å². The number of halogens is 1. The van der Waals surface area contributed by atoms with Gasteiger partial charge in [0.05, 0.1) is 0 Å². The summed E-state index contributed by atoms with van der Waals surface area (Å²) in [6.07, 6.45) is -3.99. The van der Waals surface area contributed by atoms with Crippen molar-refractivity contribution in [1.82, 2.24) is 0 Å². The molecule has 0 saturated heterocycles. The molecule has 0 aliphatic carbocycles. The van der Waals surface area contributed by atoms with Crippen molar-refractivity contribution >= 4 is 11.7 Å². The van der Waals surface area contributed by atoms with E-state index in [0.717, 1.165) is 6.07 Å². The lowest BCUT2D eigenvalue weighted by Crippen LogP contribution is -2.28. The Morgan fingerprint density at radius 2 is 2.00 bits per heavy atom. The molecular formula is C9H10FNO4. The Kier molecular flexibility index (Phi) is 3.23. The van der Waals surface area contributed by atoms with E-state index in [0.29, 0.717) is 0 Å². The number of hydrogen-bond donors (Lipinski definition) is 4. The zero-order valence-corrected chi connectivity index (χ0v) is 7.59. The summed E-state index contributed by atoms with van der Waals surface area (Å²) in [5.74, 6) is -2.51. The minimum Gasteiger partial charge on any atom is -0.479 e. The van der Waals surface area contributed by atoms with Crippen molar-refractivity contribution in [2.24, 2.45) is 0 Å². The molecule has 0 spiro atoms. The van der Waals surface area contributed by atoms with Crippen molar-refractivity contribution < 1.29 is 24.5 Å². The first-order valence-electron chi connectivity index (χ1n) is 4.08. The highest BCUT2D eigenvalue weighted by Gasteiger charge is 2.28. The first-order chi connectivity index (χ1) is 6.95. The molecule has 2 atom stereocenters. The molecule has 6 heteroatoms. The number of hydrogen-bond acceptors (Lipinski definition) is 4. The van der Waals surface area contributed by atoms with Gasteiger partial charge in [-0.25, -0.2) is 9.18 Å². The second-order valence-corrected chi connectivity index (χ2v) is 2.97. The lowest BCUT2D eigenvalue weighted by Gasteiger charge is -2.16. The van der Waals surface area contributed by atoms with Gasteiger partial charge in [-0.1, -0.05) is 6.07 Å². The van der Waals surface area contributed by atoms with Gasteiger partial charge in [-0.05, 0) is 12.1 Å². The Morgan fingerprint density at radius 1 is 1.40 bits per heavy atom. The van der Waals surface area contributed by atoms with Gasteiger partial charge in [-0.2, -0.15) is 0 Å². The number of carboxylic acids is 1. The van der Waals surface area contributed by atoms with Crippen molar-refractivity contribution in [3.8, 4) is 0 Å². The third-order valence-electron chi connectivity index (χ3n) is 1.93. The third-order valence-corrected chi connectivity index (χ3v) is 1.93. The molecule has 0 heterocycles. The number of rotatable bonds is 3. The largest absolute Gasteiger partial charge is 0.479 e. The molecule has 5 nitrogen and oxygen atoms in total. The molecular weight excluding hydrogens is 205 g/mol. The molecule has 2 unspecified atom stereocenters. The average Bonchev–Trinajstić information content (AvgIpc) is 2.15. The van der Waals surface area contributed by atoms with Gasteiger partial charge in [0.2, 0.25) is 0 Å². The number of anilines is 1. The molecule has 15 heavy (non-hydrogen) atoms. The molecule has 0 fully saturated rings. The fraction of sp³-hybridized carbons (Fsp3) is 0.222. The van der Waals surface area contributed by atoms with E-state index in [1.165, 1.54) is 12.1 Å². The van der Waals surface area contributed by atoms with Crippen LogP contribution in [-0.2, 0) is 4.79 Å². The smallest absolute Gasteiger partial charge is 0.335 e. The number of benzene rings is 1. The summed E-state index contributed by atoms with van der Waals surface area (Å²) in [6, 6.07) is 3.63. The van der Waals surface area contributed by atoms with Crippen LogP contribution in [0.1, 0.15) is 11.7 Å². The highest BCUT2D eigenvalue weighted by Crippen LogP contribution is 2.26. The average molecular weight is 215 g/mol. The molecule has 5 N–H and O–H groups in total. The molecule has 82 valence electrons. The summed E-state index contributed by atoms with van der Waals surface area (Å²) in [5.41, 5.74) is 4.84. The van der Waals surface area contributed by atoms with E-state index >= 15 is 0 Å². The van der Waals surface area contributed by atoms with E-state index in [1.807, 2.05) is 0 Å². The number of aliphatic hydroxyl groups is 2. The molecule has 1 aromatic rings. The number of carboxylic acid groups (broad SMARTS) is 1. The quantitative estimate of drug-likeness (QED) is 0.526. The summed E-state index contributed by atoms with van der Waals surface area (Å²) in [4.78, 5) is 10.4. The molecule has 0 bridgehead atoms. The molecule has 0 radical (unpaired) electrons. The van der Waals surface area contributed by atoms with Crippen LogP contribution in [0.15, 0.2) is 18.2 Å². The molecule has 0 aliphatic heterocycles. The van der Waals surface area contributed by atoms with E-state index in [2.05, 4.69) is 0 Å². The maximum absolute atomic E-state index is 13.2. The summed E-state index contributed by atoms with van der Waals surface area (Å²) in [6.45, 7) is 0. The fourth-order valence-electron chi connectivity index (χ4n) is 1.16. The minimum atomic E-state index is -2.11. The summed E-state index contributed by atoms with van der Waals surface area (Å²) < 4.78 is 13.2. The number of nitrogen functional groups attached to an aromatic ring is 1. The van der Waals surface area contributed by atoms with E-state index in [1.54, 1.807) is 0 Å². The highest BCUT2D eigenvalue weighted by molar-refractivity contribution is 5.73. The first kappa shape index (κ1) is 11.4. The van der Waals surface area contributed by atoms with Crippen molar-refractivity contribution in [3.63, 3.8) is 0 Å². The van der Waals surface area contributed by atoms with Crippen LogP contribution < -0.4 is 5.73 Å². The number of carbonyl (C=O) groups is 1. The SMILES string of the molecule is Nc1cccc(F)c1C(O)C(O)C(=O)O. The topological polar surface area (TPSA) is 104 Å². The summed E-state index contributed by atoms with van der Waals surface area (Å²) >= 11 is 0. The molecule has 1 aromatic carbocycles. The van der Waals surface area contributed by atoms with Gasteiger partial charge in [-0.3, -0.25) is 0 Å². The van der Waals surface area contributed by atoms with Crippen molar-refractivity contribution in [2.75, 3.05) is 5.73 Å². The van der Waals surface area contributed by atoms with Crippen LogP contribution in [0.5, 0.6) is 0 Å². The Labute approximate surface area is 84.6 Å². The Morgan fingerprint density at radius 3 is 2.47 bits per heavy atom. The zero-order valence-electron chi connectivity index (χ0n) is 7.59. The Hall–Kier alpha value is -1.66. The van der Waals surface area contributed by atoms with E-state index < -0.39 is 29.6 Å². The maximum atomic E-state index is 13.2. The second kappa shape index (κ2) is 4.24. The maximum Gasteiger partial charge on any atom is 0.335 e. The lowest BCUT2D eigenvalue weighted by atomic mass is 10.0. The van der Waals surface area contributed by atoms with Crippen LogP contribution in [0.25, 0.3) is 0 Å². The standard InChI is InChI=1S/C9H10FNO4/c10-4-2-1-3-5(11)6(4)7(12)8(13)9(14)15/h1-3,7-8,12-13H,11H2,(H,14,15). The number of aliphatic hydroxyl groups excluding tert-OH is 2. The van der Waals surface area contributed by atoms with Crippen molar-refractivity contribution in [1.29, 1.82) is 0 Å². The lowest BCUT2D eigenvalue weighted by molar-refractivity contribution is -0.153. The molecule has 0 aliphatic rings. The monoisotopic (exact) mass is 215 g/mol. The Balaban J connectivity index is 3.10. The van der Waals surface area contributed by atoms with Crippen LogP contribution in [0.3, 0.4) is 0 Å². The van der Waals surface area contributed by atoms with Gasteiger partial charge in [0, 0.05) is 11.3 Å². The van der Waals surface area contributed by atoms with Gasteiger partial charge in [-0.15, -0.1) is 0 Å². The van der Waals surface area contributed by atoms with Gasteiger partial charge in [0.1, 0.15) is 11.9 Å². The normalized spacial score (nSPS) is 14.6. The second-order valence-electron chi connectivity index (χ2n) is 2.97. The number of nitrogens with two attached hydrogens (primary N) is 1. The van der Waals surface area contributed by atoms with Crippen molar-refractivity contribution in [2.45, 2.75) is 12.2 Å². The van der Waals surface area contributed by atoms with Gasteiger partial charge >= 0.3 is 5.97 Å². The van der Waals surface area contributed by atoms with Crippen LogP contribution in [0, 0.1) is 5.82 Å². The molecule has 0 saturated carbocycles. The van der Waals surface area contributed by atoms with Gasteiger partial charge in [0.25, 0.3) is 0 Å². The minimum absolute atomic E-state index is 0.109. The van der Waals surface area contributed by atoms with Crippen LogP contribution in [-0.4, -0.2) is 27.4 Å². The van der Waals surface area contributed by atoms with E-state index in [-0.39, 0.29) is 5.69 Å². The molecule has 0 amide bonds. The number of aliphatic carboxylic acids is 1. The van der Waals surface area contributed by atoms with E-state index in [4.69, 9.17) is 15.9 Å². The van der Waals surface area contributed by atoms with E-state index in [9.17, 15) is 14.3 Å². The first-order valence-corrected chi connectivity index (χ1v) is 4.08. The van der Waals surface area contributed by atoms with Crippen LogP contribution >= 0.6 is 0 Å². The molecule has 0 aromatic heterocycles. The molecule has 1 rings (SSSR count). The van der Waals surface area contributed by atoms with Gasteiger partial charge in [0.15, 0.2) is 6.10 Å². The summed E-state index contributed by atoms with van der Waals surface area (Å²) in [5, 5.41) is 26.8. The van der Waals surface area contributed by atoms with Gasteiger partial charge < -0.3 is 21.1 Å². The fourth-order valence-corrected chi connectivity index (χ4v) is 1.16. The van der Waals surface area contributed by atoms with Crippen LogP contribution in [0.2, 0.25) is 0 Å². The summed E-state index contributed by atoms with van der Waals surface area (Å²) in [7, 11) is 0. The predicted molar refractivity (Wildman–Crippen MR) is 49.4 cm³/mol. The predicted octanol–water partition coefficient (Wildman–Crippen LogP) is -0.113. The Bertz CT molecular complexity index is 362. The zero-order chi connectivity index (χ0) is 11.6. The third kappa shape index (κ3) is 2.23.